The topological polar surface area (TPSA) is 53.7 Å². The molecule has 2 rings (SSSR count). The van der Waals surface area contributed by atoms with Crippen molar-refractivity contribution in [3.8, 4) is 11.8 Å². The van der Waals surface area contributed by atoms with Gasteiger partial charge in [-0.15, -0.1) is 11.3 Å². The molecule has 2 heterocycles. The summed E-state index contributed by atoms with van der Waals surface area (Å²) in [6.45, 7) is 2.81. The zero-order chi connectivity index (χ0) is 14.4. The van der Waals surface area contributed by atoms with Gasteiger partial charge in [-0.05, 0) is 25.1 Å². The highest BCUT2D eigenvalue weighted by molar-refractivity contribution is 7.10. The molecule has 0 fully saturated rings. The molecule has 104 valence electrons. The lowest BCUT2D eigenvalue weighted by atomic mass is 10.2. The fourth-order valence-corrected chi connectivity index (χ4v) is 2.49. The Labute approximate surface area is 121 Å². The number of rotatable bonds is 4. The number of hydrogen-bond acceptors (Lipinski definition) is 4. The van der Waals surface area contributed by atoms with Crippen molar-refractivity contribution in [2.75, 3.05) is 13.2 Å². The molecule has 1 amide bonds. The van der Waals surface area contributed by atoms with Crippen molar-refractivity contribution < 1.29 is 14.3 Å². The summed E-state index contributed by atoms with van der Waals surface area (Å²) in [7, 11) is 0. The second-order valence-corrected chi connectivity index (χ2v) is 4.97. The van der Waals surface area contributed by atoms with Crippen LogP contribution >= 0.6 is 11.3 Å². The molecular formula is C15H15NO3S. The molecule has 0 saturated heterocycles. The lowest BCUT2D eigenvalue weighted by Gasteiger charge is -2.18. The molecule has 0 bridgehead atoms. The first-order valence-electron chi connectivity index (χ1n) is 6.24. The van der Waals surface area contributed by atoms with Crippen LogP contribution in [0.1, 0.15) is 27.9 Å². The second kappa shape index (κ2) is 6.94. The fraction of sp³-hybridized carbons (Fsp3) is 0.267. The standard InChI is InChI=1S/C15H15NO3S/c1-2-16(10-13-5-4-8-19-13)15(18)12-9-14(20-11-12)6-3-7-17/h4-5,8-9,11,17H,2,7,10H2,1H3. The van der Waals surface area contributed by atoms with Gasteiger partial charge in [0.25, 0.3) is 5.91 Å². The quantitative estimate of drug-likeness (QED) is 0.879. The number of nitrogens with zero attached hydrogens (tertiary/aromatic N) is 1. The molecule has 0 aliphatic rings. The maximum Gasteiger partial charge on any atom is 0.255 e. The number of aliphatic hydroxyl groups is 1. The zero-order valence-corrected chi connectivity index (χ0v) is 11.9. The van der Waals surface area contributed by atoms with E-state index in [1.54, 1.807) is 28.7 Å². The Morgan fingerprint density at radius 1 is 1.55 bits per heavy atom. The van der Waals surface area contributed by atoms with Gasteiger partial charge in [-0.1, -0.05) is 11.8 Å². The molecule has 1 N–H and O–H groups in total. The summed E-state index contributed by atoms with van der Waals surface area (Å²) in [6.07, 6.45) is 1.60. The molecule has 0 saturated carbocycles. The van der Waals surface area contributed by atoms with Crippen molar-refractivity contribution in [1.29, 1.82) is 0 Å². The zero-order valence-electron chi connectivity index (χ0n) is 11.1. The minimum absolute atomic E-state index is 0.0443. The van der Waals surface area contributed by atoms with Crippen molar-refractivity contribution in [2.45, 2.75) is 13.5 Å². The summed E-state index contributed by atoms with van der Waals surface area (Å²) < 4.78 is 5.27. The largest absolute Gasteiger partial charge is 0.467 e. The van der Waals surface area contributed by atoms with E-state index in [1.165, 1.54) is 11.3 Å². The summed E-state index contributed by atoms with van der Waals surface area (Å²) in [5.74, 6) is 6.09. The Kier molecular flexibility index (Phi) is 4.99. The van der Waals surface area contributed by atoms with E-state index >= 15 is 0 Å². The summed E-state index contributed by atoms with van der Waals surface area (Å²) >= 11 is 1.40. The minimum atomic E-state index is -0.180. The molecule has 2 aromatic heterocycles. The van der Waals surface area contributed by atoms with E-state index in [9.17, 15) is 4.79 Å². The van der Waals surface area contributed by atoms with E-state index < -0.39 is 0 Å². The van der Waals surface area contributed by atoms with Crippen LogP contribution in [0.15, 0.2) is 34.3 Å². The molecule has 0 aromatic carbocycles. The molecule has 5 heteroatoms. The molecule has 20 heavy (non-hydrogen) atoms. The normalized spacial score (nSPS) is 9.90. The third kappa shape index (κ3) is 3.50. The number of furan rings is 1. The highest BCUT2D eigenvalue weighted by Crippen LogP contribution is 2.17. The monoisotopic (exact) mass is 289 g/mol. The van der Waals surface area contributed by atoms with Crippen LogP contribution < -0.4 is 0 Å². The van der Waals surface area contributed by atoms with Crippen LogP contribution in [0.2, 0.25) is 0 Å². The van der Waals surface area contributed by atoms with E-state index in [0.717, 1.165) is 10.6 Å². The molecule has 0 unspecified atom stereocenters. The average Bonchev–Trinajstić information content (AvgIpc) is 3.13. The Hall–Kier alpha value is -2.03. The number of carbonyl (C=O) groups excluding carboxylic acids is 1. The van der Waals surface area contributed by atoms with Gasteiger partial charge >= 0.3 is 0 Å². The first-order valence-corrected chi connectivity index (χ1v) is 7.12. The van der Waals surface area contributed by atoms with Gasteiger partial charge in [-0.3, -0.25) is 4.79 Å². The third-order valence-corrected chi connectivity index (χ3v) is 3.58. The van der Waals surface area contributed by atoms with Crippen LogP contribution in [0.25, 0.3) is 0 Å². The van der Waals surface area contributed by atoms with Gasteiger partial charge in [0.1, 0.15) is 12.4 Å². The highest BCUT2D eigenvalue weighted by atomic mass is 32.1. The van der Waals surface area contributed by atoms with Crippen molar-refractivity contribution in [1.82, 2.24) is 4.90 Å². The number of carbonyl (C=O) groups is 1. The smallest absolute Gasteiger partial charge is 0.255 e. The lowest BCUT2D eigenvalue weighted by Crippen LogP contribution is -2.29. The van der Waals surface area contributed by atoms with Crippen molar-refractivity contribution >= 4 is 17.2 Å². The molecule has 2 aromatic rings. The molecule has 0 aliphatic heterocycles. The van der Waals surface area contributed by atoms with Crippen LogP contribution in [0, 0.1) is 11.8 Å². The Bertz CT molecular complexity index is 619. The van der Waals surface area contributed by atoms with Crippen molar-refractivity contribution in [3.63, 3.8) is 0 Å². The predicted molar refractivity (Wildman–Crippen MR) is 77.4 cm³/mol. The number of amides is 1. The Balaban J connectivity index is 2.10. The summed E-state index contributed by atoms with van der Waals surface area (Å²) in [4.78, 5) is 14.9. The Morgan fingerprint density at radius 2 is 2.40 bits per heavy atom. The maximum absolute atomic E-state index is 12.4. The van der Waals surface area contributed by atoms with Gasteiger partial charge in [0.05, 0.1) is 23.2 Å². The predicted octanol–water partition coefficient (Wildman–Crippen LogP) is 2.35. The van der Waals surface area contributed by atoms with Crippen LogP contribution in [-0.4, -0.2) is 29.1 Å². The molecule has 0 aliphatic carbocycles. The highest BCUT2D eigenvalue weighted by Gasteiger charge is 2.16. The summed E-state index contributed by atoms with van der Waals surface area (Å²) in [5.41, 5.74) is 0.616. The molecule has 4 nitrogen and oxygen atoms in total. The molecule has 0 radical (unpaired) electrons. The number of hydrogen-bond donors (Lipinski definition) is 1. The number of thiophene rings is 1. The van der Waals surface area contributed by atoms with Gasteiger partial charge in [0.15, 0.2) is 0 Å². The first-order chi connectivity index (χ1) is 9.74. The Morgan fingerprint density at radius 3 is 3.05 bits per heavy atom. The van der Waals surface area contributed by atoms with Crippen LogP contribution in [0.4, 0.5) is 0 Å². The number of aliphatic hydroxyl groups excluding tert-OH is 1. The molecule has 0 spiro atoms. The summed E-state index contributed by atoms with van der Waals surface area (Å²) in [6, 6.07) is 5.41. The van der Waals surface area contributed by atoms with Gasteiger partial charge in [-0.2, -0.15) is 0 Å². The first kappa shape index (κ1) is 14.4. The van der Waals surface area contributed by atoms with Gasteiger partial charge in [-0.25, -0.2) is 0 Å². The summed E-state index contributed by atoms with van der Waals surface area (Å²) in [5, 5.41) is 10.4. The average molecular weight is 289 g/mol. The molecule has 0 atom stereocenters. The second-order valence-electron chi connectivity index (χ2n) is 4.06. The van der Waals surface area contributed by atoms with Crippen molar-refractivity contribution in [2.24, 2.45) is 0 Å². The minimum Gasteiger partial charge on any atom is -0.467 e. The third-order valence-electron chi connectivity index (χ3n) is 2.73. The van der Waals surface area contributed by atoms with Crippen LogP contribution in [0.5, 0.6) is 0 Å². The van der Waals surface area contributed by atoms with E-state index in [0.29, 0.717) is 18.7 Å². The maximum atomic E-state index is 12.4. The fourth-order valence-electron chi connectivity index (χ4n) is 1.74. The van der Waals surface area contributed by atoms with E-state index in [4.69, 9.17) is 9.52 Å². The van der Waals surface area contributed by atoms with Gasteiger partial charge < -0.3 is 14.4 Å². The van der Waals surface area contributed by atoms with E-state index in [1.807, 2.05) is 13.0 Å². The van der Waals surface area contributed by atoms with E-state index in [-0.39, 0.29) is 12.5 Å². The lowest BCUT2D eigenvalue weighted by molar-refractivity contribution is 0.0742. The molecular weight excluding hydrogens is 274 g/mol. The van der Waals surface area contributed by atoms with Gasteiger partial charge in [0, 0.05) is 11.9 Å². The van der Waals surface area contributed by atoms with Crippen molar-refractivity contribution in [3.05, 3.63) is 46.0 Å². The van der Waals surface area contributed by atoms with Crippen LogP contribution in [-0.2, 0) is 6.54 Å². The van der Waals surface area contributed by atoms with Crippen LogP contribution in [0.3, 0.4) is 0 Å². The SMILES string of the molecule is CCN(Cc1ccco1)C(=O)c1csc(C#CCO)c1. The van der Waals surface area contributed by atoms with E-state index in [2.05, 4.69) is 11.8 Å². The van der Waals surface area contributed by atoms with Gasteiger partial charge in [0.2, 0.25) is 0 Å².